The monoisotopic (exact) mass is 406 g/mol. The highest BCUT2D eigenvalue weighted by molar-refractivity contribution is 5.84. The SMILES string of the molecule is COc1ccc2cc(CN(C)C(=O)CN(C)Cc3ccc4c(c3)OCO4)ccc2c1. The van der Waals surface area contributed by atoms with Gasteiger partial charge in [0, 0.05) is 20.1 Å². The predicted molar refractivity (Wildman–Crippen MR) is 116 cm³/mol. The van der Waals surface area contributed by atoms with Gasteiger partial charge in [-0.3, -0.25) is 9.69 Å². The van der Waals surface area contributed by atoms with E-state index in [4.69, 9.17) is 14.2 Å². The highest BCUT2D eigenvalue weighted by Crippen LogP contribution is 2.32. The Labute approximate surface area is 176 Å². The lowest BCUT2D eigenvalue weighted by atomic mass is 10.1. The molecule has 0 fully saturated rings. The molecule has 6 heteroatoms. The molecule has 0 aromatic heterocycles. The van der Waals surface area contributed by atoms with Gasteiger partial charge in [0.1, 0.15) is 5.75 Å². The minimum atomic E-state index is 0.0769. The van der Waals surface area contributed by atoms with E-state index in [0.29, 0.717) is 19.6 Å². The molecule has 0 aliphatic carbocycles. The van der Waals surface area contributed by atoms with Gasteiger partial charge in [0.25, 0.3) is 0 Å². The van der Waals surface area contributed by atoms with E-state index in [1.54, 1.807) is 12.0 Å². The summed E-state index contributed by atoms with van der Waals surface area (Å²) < 4.78 is 16.1. The number of methoxy groups -OCH3 is 1. The minimum absolute atomic E-state index is 0.0769. The maximum atomic E-state index is 12.7. The van der Waals surface area contributed by atoms with Crippen LogP contribution in [-0.4, -0.2) is 50.2 Å². The Morgan fingerprint density at radius 2 is 1.60 bits per heavy atom. The predicted octanol–water partition coefficient (Wildman–Crippen LogP) is 3.67. The second-order valence-electron chi connectivity index (χ2n) is 7.66. The van der Waals surface area contributed by atoms with Crippen LogP contribution in [0.25, 0.3) is 10.8 Å². The van der Waals surface area contributed by atoms with Crippen LogP contribution in [-0.2, 0) is 17.9 Å². The van der Waals surface area contributed by atoms with E-state index < -0.39 is 0 Å². The van der Waals surface area contributed by atoms with Gasteiger partial charge in [-0.25, -0.2) is 0 Å². The quantitative estimate of drug-likeness (QED) is 0.599. The van der Waals surface area contributed by atoms with Crippen LogP contribution in [0.1, 0.15) is 11.1 Å². The van der Waals surface area contributed by atoms with E-state index in [9.17, 15) is 4.79 Å². The Kier molecular flexibility index (Phi) is 5.77. The average molecular weight is 406 g/mol. The van der Waals surface area contributed by atoms with Crippen LogP contribution in [0.15, 0.2) is 54.6 Å². The van der Waals surface area contributed by atoms with Gasteiger partial charge < -0.3 is 19.1 Å². The molecule has 0 atom stereocenters. The van der Waals surface area contributed by atoms with Gasteiger partial charge in [0.05, 0.1) is 13.7 Å². The molecule has 1 amide bonds. The molecule has 0 bridgehead atoms. The van der Waals surface area contributed by atoms with Gasteiger partial charge in [0.2, 0.25) is 12.7 Å². The Morgan fingerprint density at radius 1 is 0.900 bits per heavy atom. The van der Waals surface area contributed by atoms with Gasteiger partial charge >= 0.3 is 0 Å². The lowest BCUT2D eigenvalue weighted by Gasteiger charge is -2.22. The van der Waals surface area contributed by atoms with Crippen LogP contribution in [0.2, 0.25) is 0 Å². The number of amides is 1. The second-order valence-corrected chi connectivity index (χ2v) is 7.66. The maximum Gasteiger partial charge on any atom is 0.236 e. The van der Waals surface area contributed by atoms with E-state index in [0.717, 1.165) is 39.1 Å². The summed E-state index contributed by atoms with van der Waals surface area (Å²) in [7, 11) is 5.45. The highest BCUT2D eigenvalue weighted by atomic mass is 16.7. The molecule has 0 saturated heterocycles. The Bertz CT molecular complexity index is 1070. The molecule has 4 rings (SSSR count). The number of hydrogen-bond donors (Lipinski definition) is 0. The smallest absolute Gasteiger partial charge is 0.236 e. The summed E-state index contributed by atoms with van der Waals surface area (Å²) in [5.74, 6) is 2.45. The molecule has 0 radical (unpaired) electrons. The van der Waals surface area contributed by atoms with Gasteiger partial charge in [-0.05, 0) is 59.3 Å². The molecule has 30 heavy (non-hydrogen) atoms. The zero-order valence-corrected chi connectivity index (χ0v) is 17.6. The summed E-state index contributed by atoms with van der Waals surface area (Å²) in [6, 6.07) is 18.1. The van der Waals surface area contributed by atoms with E-state index in [-0.39, 0.29) is 12.7 Å². The molecule has 1 heterocycles. The molecule has 1 aliphatic heterocycles. The van der Waals surface area contributed by atoms with E-state index in [1.165, 1.54) is 0 Å². The zero-order chi connectivity index (χ0) is 21.1. The first-order valence-corrected chi connectivity index (χ1v) is 9.89. The van der Waals surface area contributed by atoms with Gasteiger partial charge in [-0.15, -0.1) is 0 Å². The summed E-state index contributed by atoms with van der Waals surface area (Å²) in [5.41, 5.74) is 2.18. The number of ether oxygens (including phenoxy) is 3. The Balaban J connectivity index is 1.34. The van der Waals surface area contributed by atoms with Gasteiger partial charge in [-0.1, -0.05) is 24.3 Å². The summed E-state index contributed by atoms with van der Waals surface area (Å²) in [5, 5.41) is 2.25. The molecule has 0 spiro atoms. The van der Waals surface area contributed by atoms with E-state index in [1.807, 2.05) is 55.4 Å². The standard InChI is InChI=1S/C24H26N2O4/c1-25(13-18-5-9-22-23(11-18)30-16-29-22)15-24(27)26(2)14-17-4-6-20-12-21(28-3)8-7-19(20)10-17/h4-12H,13-16H2,1-3H3. The molecule has 6 nitrogen and oxygen atoms in total. The first-order valence-electron chi connectivity index (χ1n) is 9.89. The Morgan fingerprint density at radius 3 is 2.43 bits per heavy atom. The van der Waals surface area contributed by atoms with Crippen molar-refractivity contribution < 1.29 is 19.0 Å². The zero-order valence-electron chi connectivity index (χ0n) is 17.6. The summed E-state index contributed by atoms with van der Waals surface area (Å²) in [6.45, 7) is 1.84. The lowest BCUT2D eigenvalue weighted by molar-refractivity contribution is -0.131. The third-order valence-electron chi connectivity index (χ3n) is 5.25. The van der Waals surface area contributed by atoms with E-state index >= 15 is 0 Å². The van der Waals surface area contributed by atoms with E-state index in [2.05, 4.69) is 18.2 Å². The van der Waals surface area contributed by atoms with Crippen molar-refractivity contribution in [2.75, 3.05) is 34.5 Å². The fourth-order valence-corrected chi connectivity index (χ4v) is 3.62. The largest absolute Gasteiger partial charge is 0.497 e. The van der Waals surface area contributed by atoms with Crippen molar-refractivity contribution in [3.63, 3.8) is 0 Å². The molecular formula is C24H26N2O4. The third-order valence-corrected chi connectivity index (χ3v) is 5.25. The second kappa shape index (κ2) is 8.63. The van der Waals surface area contributed by atoms with Crippen LogP contribution in [0.4, 0.5) is 0 Å². The molecule has 1 aliphatic rings. The number of carbonyl (C=O) groups is 1. The fourth-order valence-electron chi connectivity index (χ4n) is 3.62. The number of rotatable bonds is 7. The summed E-state index contributed by atoms with van der Waals surface area (Å²) >= 11 is 0. The van der Waals surface area contributed by atoms with Crippen molar-refractivity contribution in [2.24, 2.45) is 0 Å². The average Bonchev–Trinajstić information content (AvgIpc) is 3.21. The Hall–Kier alpha value is -3.25. The molecular weight excluding hydrogens is 380 g/mol. The van der Waals surface area contributed by atoms with Crippen LogP contribution in [0.3, 0.4) is 0 Å². The van der Waals surface area contributed by atoms with Crippen LogP contribution in [0, 0.1) is 0 Å². The van der Waals surface area contributed by atoms with Crippen molar-refractivity contribution in [1.82, 2.24) is 9.80 Å². The van der Waals surface area contributed by atoms with Crippen molar-refractivity contribution >= 4 is 16.7 Å². The summed E-state index contributed by atoms with van der Waals surface area (Å²) in [6.07, 6.45) is 0. The first-order chi connectivity index (χ1) is 14.5. The van der Waals surface area contributed by atoms with Crippen LogP contribution < -0.4 is 14.2 Å². The van der Waals surface area contributed by atoms with Crippen molar-refractivity contribution in [1.29, 1.82) is 0 Å². The van der Waals surface area contributed by atoms with Gasteiger partial charge in [-0.2, -0.15) is 0 Å². The number of fused-ring (bicyclic) bond motifs is 2. The molecule has 0 unspecified atom stereocenters. The van der Waals surface area contributed by atoms with Crippen molar-refractivity contribution in [2.45, 2.75) is 13.1 Å². The van der Waals surface area contributed by atoms with Gasteiger partial charge in [0.15, 0.2) is 11.5 Å². The number of nitrogens with zero attached hydrogens (tertiary/aromatic N) is 2. The minimum Gasteiger partial charge on any atom is -0.497 e. The topological polar surface area (TPSA) is 51.2 Å². The molecule has 3 aromatic carbocycles. The normalized spacial score (nSPS) is 12.4. The molecule has 156 valence electrons. The fraction of sp³-hybridized carbons (Fsp3) is 0.292. The highest BCUT2D eigenvalue weighted by Gasteiger charge is 2.16. The molecule has 0 saturated carbocycles. The number of benzene rings is 3. The molecule has 3 aromatic rings. The van der Waals surface area contributed by atoms with Crippen LogP contribution >= 0.6 is 0 Å². The maximum absolute atomic E-state index is 12.7. The number of likely N-dealkylation sites (N-methyl/N-ethyl adjacent to an activating group) is 2. The van der Waals surface area contributed by atoms with Crippen molar-refractivity contribution in [3.8, 4) is 17.2 Å². The number of carbonyl (C=O) groups excluding carboxylic acids is 1. The lowest BCUT2D eigenvalue weighted by Crippen LogP contribution is -2.36. The van der Waals surface area contributed by atoms with Crippen molar-refractivity contribution in [3.05, 3.63) is 65.7 Å². The third kappa shape index (κ3) is 4.49. The summed E-state index contributed by atoms with van der Waals surface area (Å²) in [4.78, 5) is 16.5. The first kappa shape index (κ1) is 20.0. The van der Waals surface area contributed by atoms with Crippen LogP contribution in [0.5, 0.6) is 17.2 Å². The molecule has 0 N–H and O–H groups in total. The number of hydrogen-bond acceptors (Lipinski definition) is 5.